The fourth-order valence-electron chi connectivity index (χ4n) is 3.65. The highest BCUT2D eigenvalue weighted by Crippen LogP contribution is 2.39. The average Bonchev–Trinajstić information content (AvgIpc) is 3.02. The zero-order valence-corrected chi connectivity index (χ0v) is 13.9. The summed E-state index contributed by atoms with van der Waals surface area (Å²) in [7, 11) is -3.37. The topological polar surface area (TPSA) is 63.4 Å². The molecular weight excluding hydrogens is 308 g/mol. The van der Waals surface area contributed by atoms with Crippen LogP contribution in [0.5, 0.6) is 0 Å². The van der Waals surface area contributed by atoms with Gasteiger partial charge in [-0.1, -0.05) is 25.1 Å². The van der Waals surface area contributed by atoms with E-state index in [4.69, 9.17) is 5.73 Å². The van der Waals surface area contributed by atoms with Crippen LogP contribution in [0.2, 0.25) is 0 Å². The quantitative estimate of drug-likeness (QED) is 0.922. The molecule has 118 valence electrons. The summed E-state index contributed by atoms with van der Waals surface area (Å²) in [5.41, 5.74) is 7.00. The molecule has 3 unspecified atom stereocenters. The molecule has 1 aliphatic carbocycles. The van der Waals surface area contributed by atoms with Gasteiger partial charge in [0.15, 0.2) is 0 Å². The van der Waals surface area contributed by atoms with E-state index in [9.17, 15) is 8.42 Å². The second-order valence-corrected chi connectivity index (χ2v) is 7.85. The summed E-state index contributed by atoms with van der Waals surface area (Å²) in [6, 6.07) is 7.49. The van der Waals surface area contributed by atoms with Gasteiger partial charge in [-0.15, -0.1) is 12.4 Å². The summed E-state index contributed by atoms with van der Waals surface area (Å²) < 4.78 is 27.3. The van der Waals surface area contributed by atoms with Crippen LogP contribution in [0.15, 0.2) is 29.2 Å². The van der Waals surface area contributed by atoms with Crippen LogP contribution < -0.4 is 5.73 Å². The molecule has 2 aliphatic rings. The summed E-state index contributed by atoms with van der Waals surface area (Å²) in [6.07, 6.45) is 2.83. The Hall–Kier alpha value is -0.620. The van der Waals surface area contributed by atoms with Gasteiger partial charge in [-0.3, -0.25) is 0 Å². The SMILES string of the molecule is CCc1ccccc1S(=O)(=O)N1CC2CCC(N)C2C1.Cl. The Bertz CT molecular complexity index is 605. The highest BCUT2D eigenvalue weighted by molar-refractivity contribution is 7.89. The molecule has 3 atom stereocenters. The number of hydrogen-bond acceptors (Lipinski definition) is 3. The molecule has 2 N–H and O–H groups in total. The van der Waals surface area contributed by atoms with E-state index in [-0.39, 0.29) is 18.4 Å². The first-order valence-corrected chi connectivity index (χ1v) is 8.81. The summed E-state index contributed by atoms with van der Waals surface area (Å²) in [6.45, 7) is 3.22. The van der Waals surface area contributed by atoms with Gasteiger partial charge < -0.3 is 5.73 Å². The second kappa shape index (κ2) is 6.24. The van der Waals surface area contributed by atoms with Gasteiger partial charge in [0.05, 0.1) is 4.90 Å². The number of aryl methyl sites for hydroxylation is 1. The molecule has 4 nitrogen and oxygen atoms in total. The zero-order valence-electron chi connectivity index (χ0n) is 12.2. The number of nitrogens with zero attached hydrogens (tertiary/aromatic N) is 1. The summed E-state index contributed by atoms with van der Waals surface area (Å²) in [5.74, 6) is 0.798. The molecule has 6 heteroatoms. The van der Waals surface area contributed by atoms with E-state index in [1.54, 1.807) is 16.4 Å². The van der Waals surface area contributed by atoms with Crippen LogP contribution in [0.3, 0.4) is 0 Å². The zero-order chi connectivity index (χ0) is 14.3. The lowest BCUT2D eigenvalue weighted by atomic mass is 9.98. The van der Waals surface area contributed by atoms with Crippen molar-refractivity contribution in [3.63, 3.8) is 0 Å². The fraction of sp³-hybridized carbons (Fsp3) is 0.600. The molecule has 0 aromatic heterocycles. The van der Waals surface area contributed by atoms with Gasteiger partial charge in [-0.25, -0.2) is 8.42 Å². The minimum Gasteiger partial charge on any atom is -0.327 e. The summed E-state index contributed by atoms with van der Waals surface area (Å²) in [4.78, 5) is 0.469. The predicted octanol–water partition coefficient (Wildman–Crippen LogP) is 2.03. The molecule has 1 aliphatic heterocycles. The average molecular weight is 331 g/mol. The van der Waals surface area contributed by atoms with E-state index < -0.39 is 10.0 Å². The maximum atomic E-state index is 12.8. The van der Waals surface area contributed by atoms with Crippen LogP contribution in [-0.4, -0.2) is 31.9 Å². The molecule has 1 saturated carbocycles. The Morgan fingerprint density at radius 2 is 1.95 bits per heavy atom. The van der Waals surface area contributed by atoms with Crippen molar-refractivity contribution in [3.8, 4) is 0 Å². The van der Waals surface area contributed by atoms with Crippen molar-refractivity contribution in [1.29, 1.82) is 0 Å². The summed E-state index contributed by atoms with van der Waals surface area (Å²) in [5, 5.41) is 0. The fourth-order valence-corrected chi connectivity index (χ4v) is 5.48. The third-order valence-corrected chi connectivity index (χ3v) is 6.78. The minimum atomic E-state index is -3.37. The van der Waals surface area contributed by atoms with E-state index >= 15 is 0 Å². The standard InChI is InChI=1S/C15H22N2O2S.ClH/c1-2-11-5-3-4-6-15(11)20(18,19)17-9-12-7-8-14(16)13(12)10-17;/h3-6,12-14H,2,7-10,16H2,1H3;1H. The number of rotatable bonds is 3. The number of sulfonamides is 1. The molecular formula is C15H23ClN2O2S. The van der Waals surface area contributed by atoms with E-state index in [1.807, 2.05) is 19.1 Å². The molecule has 0 radical (unpaired) electrons. The van der Waals surface area contributed by atoms with Gasteiger partial charge in [0.1, 0.15) is 0 Å². The van der Waals surface area contributed by atoms with Gasteiger partial charge in [0, 0.05) is 19.1 Å². The first kappa shape index (κ1) is 16.7. The van der Waals surface area contributed by atoms with Crippen molar-refractivity contribution >= 4 is 22.4 Å². The number of fused-ring (bicyclic) bond motifs is 1. The van der Waals surface area contributed by atoms with E-state index in [1.165, 1.54) is 0 Å². The molecule has 0 bridgehead atoms. The Morgan fingerprint density at radius 3 is 2.62 bits per heavy atom. The molecule has 1 aromatic carbocycles. The molecule has 1 heterocycles. The number of halogens is 1. The number of nitrogens with two attached hydrogens (primary N) is 1. The number of hydrogen-bond donors (Lipinski definition) is 1. The highest BCUT2D eigenvalue weighted by atomic mass is 35.5. The number of benzene rings is 1. The third kappa shape index (κ3) is 2.84. The smallest absolute Gasteiger partial charge is 0.243 e. The second-order valence-electron chi connectivity index (χ2n) is 5.95. The first-order valence-electron chi connectivity index (χ1n) is 7.37. The molecule has 3 rings (SSSR count). The van der Waals surface area contributed by atoms with E-state index in [0.717, 1.165) is 24.8 Å². The summed E-state index contributed by atoms with van der Waals surface area (Å²) >= 11 is 0. The monoisotopic (exact) mass is 330 g/mol. The van der Waals surface area contributed by atoms with Crippen LogP contribution in [0.4, 0.5) is 0 Å². The Kier molecular flexibility index (Phi) is 4.98. The minimum absolute atomic E-state index is 0. The lowest BCUT2D eigenvalue weighted by molar-refractivity contribution is 0.426. The lowest BCUT2D eigenvalue weighted by Crippen LogP contribution is -2.33. The van der Waals surface area contributed by atoms with Gasteiger partial charge in [-0.2, -0.15) is 4.31 Å². The third-order valence-electron chi connectivity index (χ3n) is 4.85. The van der Waals surface area contributed by atoms with E-state index in [0.29, 0.717) is 29.8 Å². The van der Waals surface area contributed by atoms with Crippen LogP contribution in [0.1, 0.15) is 25.3 Å². The van der Waals surface area contributed by atoms with Gasteiger partial charge in [0.2, 0.25) is 10.0 Å². The first-order chi connectivity index (χ1) is 9.54. The van der Waals surface area contributed by atoms with Gasteiger partial charge >= 0.3 is 0 Å². The Balaban J connectivity index is 0.00000161. The van der Waals surface area contributed by atoms with Crippen LogP contribution in [0, 0.1) is 11.8 Å². The van der Waals surface area contributed by atoms with Crippen LogP contribution in [0.25, 0.3) is 0 Å². The van der Waals surface area contributed by atoms with Gasteiger partial charge in [0.25, 0.3) is 0 Å². The van der Waals surface area contributed by atoms with Crippen LogP contribution >= 0.6 is 12.4 Å². The maximum absolute atomic E-state index is 12.8. The Labute approximate surface area is 133 Å². The normalized spacial score (nSPS) is 29.1. The van der Waals surface area contributed by atoms with Crippen molar-refractivity contribution < 1.29 is 8.42 Å². The maximum Gasteiger partial charge on any atom is 0.243 e. The van der Waals surface area contributed by atoms with Crippen molar-refractivity contribution in [1.82, 2.24) is 4.31 Å². The Morgan fingerprint density at radius 1 is 1.24 bits per heavy atom. The van der Waals surface area contributed by atoms with Crippen molar-refractivity contribution in [2.24, 2.45) is 17.6 Å². The molecule has 0 spiro atoms. The molecule has 2 fully saturated rings. The van der Waals surface area contributed by atoms with Gasteiger partial charge in [-0.05, 0) is 42.7 Å². The largest absolute Gasteiger partial charge is 0.327 e. The highest BCUT2D eigenvalue weighted by Gasteiger charge is 2.45. The predicted molar refractivity (Wildman–Crippen MR) is 86.0 cm³/mol. The molecule has 21 heavy (non-hydrogen) atoms. The van der Waals surface area contributed by atoms with Crippen molar-refractivity contribution in [2.45, 2.75) is 37.1 Å². The molecule has 0 amide bonds. The van der Waals surface area contributed by atoms with E-state index in [2.05, 4.69) is 0 Å². The lowest BCUT2D eigenvalue weighted by Gasteiger charge is -2.20. The van der Waals surface area contributed by atoms with Crippen molar-refractivity contribution in [3.05, 3.63) is 29.8 Å². The van der Waals surface area contributed by atoms with Crippen LogP contribution in [-0.2, 0) is 16.4 Å². The van der Waals surface area contributed by atoms with Crippen molar-refractivity contribution in [2.75, 3.05) is 13.1 Å². The molecule has 1 saturated heterocycles. The molecule has 1 aromatic rings.